The lowest BCUT2D eigenvalue weighted by Gasteiger charge is -2.17. The number of aryl methyl sites for hydroxylation is 2. The molecule has 9 nitrogen and oxygen atoms in total. The van der Waals surface area contributed by atoms with Crippen LogP contribution in [0.4, 0.5) is 0 Å². The molecule has 0 radical (unpaired) electrons. The maximum Gasteiger partial charge on any atom is 0.380 e. The summed E-state index contributed by atoms with van der Waals surface area (Å²) in [5, 5.41) is 0. The monoisotopic (exact) mass is 370 g/mol. The zero-order valence-electron chi connectivity index (χ0n) is 15.1. The van der Waals surface area contributed by atoms with Crippen molar-refractivity contribution in [3.63, 3.8) is 0 Å². The van der Waals surface area contributed by atoms with Crippen molar-refractivity contribution in [2.45, 2.75) is 32.6 Å². The molecule has 0 saturated carbocycles. The highest BCUT2D eigenvalue weighted by atomic mass is 31.2. The van der Waals surface area contributed by atoms with Gasteiger partial charge in [-0.2, -0.15) is 0 Å². The topological polar surface area (TPSA) is 105 Å². The first-order valence-electron chi connectivity index (χ1n) is 7.99. The number of aromatic nitrogens is 4. The van der Waals surface area contributed by atoms with Crippen LogP contribution >= 0.6 is 7.60 Å². The quantitative estimate of drug-likeness (QED) is 0.526. The summed E-state index contributed by atoms with van der Waals surface area (Å²) in [6.07, 6.45) is 3.25. The second-order valence-corrected chi connectivity index (χ2v) is 7.84. The van der Waals surface area contributed by atoms with Crippen LogP contribution in [-0.4, -0.2) is 33.3 Å². The number of fused-ring (bicyclic) bond motifs is 1. The van der Waals surface area contributed by atoms with Crippen LogP contribution in [0.2, 0.25) is 0 Å². The van der Waals surface area contributed by atoms with Gasteiger partial charge in [0, 0.05) is 28.3 Å². The molecular weight excluding hydrogens is 347 g/mol. The fourth-order valence-electron chi connectivity index (χ4n) is 2.57. The van der Waals surface area contributed by atoms with Gasteiger partial charge in [0.15, 0.2) is 16.6 Å². The second-order valence-electron chi connectivity index (χ2n) is 5.69. The molecule has 0 atom stereocenters. The van der Waals surface area contributed by atoms with Crippen LogP contribution in [0.15, 0.2) is 9.59 Å². The van der Waals surface area contributed by atoms with E-state index in [1.807, 2.05) is 0 Å². The van der Waals surface area contributed by atoms with E-state index in [9.17, 15) is 14.2 Å². The van der Waals surface area contributed by atoms with E-state index in [4.69, 9.17) is 9.05 Å². The zero-order chi connectivity index (χ0) is 18.8. The van der Waals surface area contributed by atoms with Crippen molar-refractivity contribution in [1.82, 2.24) is 19.1 Å². The molecule has 2 rings (SSSR count). The lowest BCUT2D eigenvalue weighted by atomic mass is 10.1. The highest BCUT2D eigenvalue weighted by Crippen LogP contribution is 2.45. The van der Waals surface area contributed by atoms with Crippen LogP contribution < -0.4 is 16.7 Å². The Bertz CT molecular complexity index is 942. The zero-order valence-corrected chi connectivity index (χ0v) is 16.0. The number of rotatable bonds is 7. The minimum absolute atomic E-state index is 0.0249. The fraction of sp³-hybridized carbons (Fsp3) is 0.600. The molecule has 25 heavy (non-hydrogen) atoms. The molecule has 0 bridgehead atoms. The van der Waals surface area contributed by atoms with Gasteiger partial charge in [-0.1, -0.05) is 19.8 Å². The Morgan fingerprint density at radius 3 is 2.24 bits per heavy atom. The number of nitrogens with zero attached hydrogens (tertiary/aromatic N) is 4. The lowest BCUT2D eigenvalue weighted by molar-refractivity contribution is 0.286. The molecule has 2 heterocycles. The molecular formula is C15H23N4O5P. The van der Waals surface area contributed by atoms with Gasteiger partial charge in [-0.15, -0.1) is 0 Å². The molecule has 0 aliphatic carbocycles. The maximum absolute atomic E-state index is 12.9. The molecule has 0 unspecified atom stereocenters. The van der Waals surface area contributed by atoms with E-state index in [0.717, 1.165) is 23.8 Å². The first kappa shape index (κ1) is 19.5. The van der Waals surface area contributed by atoms with Gasteiger partial charge in [0.05, 0.1) is 5.69 Å². The Morgan fingerprint density at radius 1 is 1.04 bits per heavy atom. The maximum atomic E-state index is 12.9. The third-order valence-electron chi connectivity index (χ3n) is 4.08. The van der Waals surface area contributed by atoms with Crippen molar-refractivity contribution < 1.29 is 13.6 Å². The summed E-state index contributed by atoms with van der Waals surface area (Å²) in [7, 11) is 1.68. The molecule has 0 aromatic carbocycles. The van der Waals surface area contributed by atoms with Crippen LogP contribution in [-0.2, 0) is 34.1 Å². The predicted octanol–water partition coefficient (Wildman–Crippen LogP) is 0.871. The van der Waals surface area contributed by atoms with E-state index in [0.29, 0.717) is 12.1 Å². The Labute approximate surface area is 145 Å². The number of hydrogen-bond acceptors (Lipinski definition) is 7. The minimum atomic E-state index is -3.70. The standard InChI is InChI=1S/C15H23N4O5P/c1-6-7-8-9-10-13(25(22,23-4)24-5)17-11-12(16-10)18(2)15(21)19(3)14(11)20/h6-9H2,1-5H3. The summed E-state index contributed by atoms with van der Waals surface area (Å²) in [4.78, 5) is 33.2. The van der Waals surface area contributed by atoms with Gasteiger partial charge in [-0.25, -0.2) is 14.8 Å². The van der Waals surface area contributed by atoms with E-state index >= 15 is 0 Å². The van der Waals surface area contributed by atoms with Crippen molar-refractivity contribution in [3.05, 3.63) is 26.5 Å². The molecule has 0 fully saturated rings. The molecule has 0 N–H and O–H groups in total. The fourth-order valence-corrected chi connectivity index (χ4v) is 3.76. The van der Waals surface area contributed by atoms with Gasteiger partial charge in [0.25, 0.3) is 5.56 Å². The van der Waals surface area contributed by atoms with Crippen molar-refractivity contribution in [2.75, 3.05) is 14.2 Å². The molecule has 0 aliphatic rings. The SMILES string of the molecule is CCCCCc1nc2c(nc1P(=O)(OC)OC)c(=O)n(C)c(=O)n2C. The van der Waals surface area contributed by atoms with E-state index in [2.05, 4.69) is 16.9 Å². The Balaban J connectivity index is 2.84. The number of unbranched alkanes of at least 4 members (excludes halogenated alkanes) is 2. The van der Waals surface area contributed by atoms with Gasteiger partial charge in [-0.3, -0.25) is 18.5 Å². The summed E-state index contributed by atoms with van der Waals surface area (Å²) < 4.78 is 25.2. The van der Waals surface area contributed by atoms with Crippen LogP contribution in [0, 0.1) is 0 Å². The predicted molar refractivity (Wildman–Crippen MR) is 94.5 cm³/mol. The van der Waals surface area contributed by atoms with E-state index in [1.165, 1.54) is 32.9 Å². The third kappa shape index (κ3) is 3.44. The largest absolute Gasteiger partial charge is 0.380 e. The molecule has 0 saturated heterocycles. The summed E-state index contributed by atoms with van der Waals surface area (Å²) in [5.41, 5.74) is -0.560. The van der Waals surface area contributed by atoms with Crippen LogP contribution in [0.25, 0.3) is 11.2 Å². The Morgan fingerprint density at radius 2 is 1.68 bits per heavy atom. The normalized spacial score (nSPS) is 12.0. The molecule has 10 heteroatoms. The summed E-state index contributed by atoms with van der Waals surface area (Å²) in [6.45, 7) is 2.07. The van der Waals surface area contributed by atoms with Crippen molar-refractivity contribution in [3.8, 4) is 0 Å². The first-order valence-corrected chi connectivity index (χ1v) is 9.53. The van der Waals surface area contributed by atoms with Crippen molar-refractivity contribution in [2.24, 2.45) is 14.1 Å². The van der Waals surface area contributed by atoms with Crippen LogP contribution in [0.1, 0.15) is 31.9 Å². The average Bonchev–Trinajstić information content (AvgIpc) is 2.63. The van der Waals surface area contributed by atoms with Gasteiger partial charge >= 0.3 is 13.3 Å². The lowest BCUT2D eigenvalue weighted by Crippen LogP contribution is -2.39. The Hall–Kier alpha value is -1.83. The van der Waals surface area contributed by atoms with Gasteiger partial charge in [0.1, 0.15) is 0 Å². The summed E-state index contributed by atoms with van der Waals surface area (Å²) >= 11 is 0. The van der Waals surface area contributed by atoms with Crippen LogP contribution in [0.3, 0.4) is 0 Å². The van der Waals surface area contributed by atoms with Gasteiger partial charge in [-0.05, 0) is 12.8 Å². The molecule has 0 spiro atoms. The minimum Gasteiger partial charge on any atom is -0.307 e. The first-order chi connectivity index (χ1) is 11.8. The van der Waals surface area contributed by atoms with E-state index in [-0.39, 0.29) is 16.6 Å². The third-order valence-corrected chi connectivity index (χ3v) is 5.92. The molecule has 138 valence electrons. The summed E-state index contributed by atoms with van der Waals surface area (Å²) in [6, 6.07) is 0. The van der Waals surface area contributed by atoms with Crippen LogP contribution in [0.5, 0.6) is 0 Å². The molecule has 2 aromatic heterocycles. The summed E-state index contributed by atoms with van der Waals surface area (Å²) in [5.74, 6) is 0. The van der Waals surface area contributed by atoms with Gasteiger partial charge in [0.2, 0.25) is 0 Å². The number of hydrogen-bond donors (Lipinski definition) is 0. The van der Waals surface area contributed by atoms with E-state index < -0.39 is 18.8 Å². The Kier molecular flexibility index (Phi) is 5.92. The van der Waals surface area contributed by atoms with Crippen molar-refractivity contribution >= 4 is 24.2 Å². The highest BCUT2D eigenvalue weighted by molar-refractivity contribution is 7.62. The smallest absolute Gasteiger partial charge is 0.307 e. The molecule has 0 amide bonds. The highest BCUT2D eigenvalue weighted by Gasteiger charge is 2.32. The second kappa shape index (κ2) is 7.59. The van der Waals surface area contributed by atoms with Crippen molar-refractivity contribution in [1.29, 1.82) is 0 Å². The molecule has 2 aromatic rings. The molecule has 0 aliphatic heterocycles. The average molecular weight is 370 g/mol. The van der Waals surface area contributed by atoms with Gasteiger partial charge < -0.3 is 9.05 Å². The van der Waals surface area contributed by atoms with E-state index in [1.54, 1.807) is 0 Å².